The second-order valence-corrected chi connectivity index (χ2v) is 5.98. The zero-order valence-electron chi connectivity index (χ0n) is 15.9. The number of rotatable bonds is 7. The smallest absolute Gasteiger partial charge is 0.322 e. The van der Waals surface area contributed by atoms with Crippen molar-refractivity contribution in [2.24, 2.45) is 0 Å². The molecule has 0 aliphatic rings. The molecule has 1 aromatic heterocycles. The predicted octanol–water partition coefficient (Wildman–Crippen LogP) is 3.91. The molecule has 0 saturated carbocycles. The largest absolute Gasteiger partial charge is 0.497 e. The molecule has 28 heavy (non-hydrogen) atoms. The highest BCUT2D eigenvalue weighted by atomic mass is 16.5. The number of nitrogens with one attached hydrogen (secondary N) is 1. The molecule has 1 N–H and O–H groups in total. The van der Waals surface area contributed by atoms with E-state index in [1.54, 1.807) is 45.2 Å². The number of benzene rings is 2. The van der Waals surface area contributed by atoms with Crippen molar-refractivity contribution in [2.75, 3.05) is 19.0 Å². The van der Waals surface area contributed by atoms with E-state index in [2.05, 4.69) is 15.3 Å². The number of aryl methyl sites for hydroxylation is 2. The number of hydrogen-bond donors (Lipinski definition) is 1. The van der Waals surface area contributed by atoms with Gasteiger partial charge in [0.2, 0.25) is 0 Å². The first-order valence-electron chi connectivity index (χ1n) is 8.70. The molecule has 0 atom stereocenters. The molecule has 0 radical (unpaired) electrons. The highest BCUT2D eigenvalue weighted by molar-refractivity contribution is 5.92. The van der Waals surface area contributed by atoms with Crippen LogP contribution in [0.3, 0.4) is 0 Å². The van der Waals surface area contributed by atoms with Crippen LogP contribution in [0.5, 0.6) is 23.3 Å². The molecule has 0 saturated heterocycles. The van der Waals surface area contributed by atoms with Gasteiger partial charge in [-0.2, -0.15) is 9.97 Å². The summed E-state index contributed by atoms with van der Waals surface area (Å²) in [5.41, 5.74) is 1.76. The molecule has 0 aliphatic heterocycles. The number of ether oxygens (including phenoxy) is 3. The first-order chi connectivity index (χ1) is 13.5. The Morgan fingerprint density at radius 1 is 0.893 bits per heavy atom. The summed E-state index contributed by atoms with van der Waals surface area (Å²) in [6.45, 7) is 3.44. The van der Waals surface area contributed by atoms with Gasteiger partial charge in [0.25, 0.3) is 5.91 Å². The van der Waals surface area contributed by atoms with Crippen molar-refractivity contribution in [3.63, 3.8) is 0 Å². The Kier molecular flexibility index (Phi) is 6.06. The summed E-state index contributed by atoms with van der Waals surface area (Å²) < 4.78 is 16.2. The van der Waals surface area contributed by atoms with Crippen LogP contribution in [0.25, 0.3) is 0 Å². The van der Waals surface area contributed by atoms with E-state index in [-0.39, 0.29) is 18.5 Å². The number of nitrogens with zero attached hydrogens (tertiary/aromatic N) is 2. The van der Waals surface area contributed by atoms with E-state index < -0.39 is 0 Å². The van der Waals surface area contributed by atoms with Crippen molar-refractivity contribution in [3.05, 3.63) is 66.0 Å². The van der Waals surface area contributed by atoms with Crippen LogP contribution >= 0.6 is 0 Å². The number of hydrogen-bond acceptors (Lipinski definition) is 6. The molecule has 0 aliphatic carbocycles. The summed E-state index contributed by atoms with van der Waals surface area (Å²) >= 11 is 0. The lowest BCUT2D eigenvalue weighted by Crippen LogP contribution is -2.22. The van der Waals surface area contributed by atoms with Gasteiger partial charge in [0, 0.05) is 0 Å². The molecule has 3 rings (SSSR count). The normalized spacial score (nSPS) is 10.2. The highest BCUT2D eigenvalue weighted by Gasteiger charge is 2.13. The first kappa shape index (κ1) is 19.2. The van der Waals surface area contributed by atoms with E-state index >= 15 is 0 Å². The third kappa shape index (κ3) is 4.97. The standard InChI is InChI=1S/C21H21N3O4/c1-14-20(15(2)23-21(22-14)28-18-7-5-4-6-8-18)24-19(25)13-27-17-11-9-16(26-3)10-12-17/h4-12H,13H2,1-3H3,(H,24,25). The maximum Gasteiger partial charge on any atom is 0.322 e. The zero-order chi connectivity index (χ0) is 19.9. The summed E-state index contributed by atoms with van der Waals surface area (Å²) in [7, 11) is 1.59. The molecule has 7 nitrogen and oxygen atoms in total. The molecule has 3 aromatic rings. The summed E-state index contributed by atoms with van der Waals surface area (Å²) in [5.74, 6) is 1.64. The van der Waals surface area contributed by atoms with Gasteiger partial charge >= 0.3 is 6.01 Å². The number of anilines is 1. The fraction of sp³-hybridized carbons (Fsp3) is 0.190. The van der Waals surface area contributed by atoms with Crippen LogP contribution in [0.4, 0.5) is 5.69 Å². The SMILES string of the molecule is COc1ccc(OCC(=O)Nc2c(C)nc(Oc3ccccc3)nc2C)cc1. The van der Waals surface area contributed by atoms with Gasteiger partial charge in [-0.3, -0.25) is 4.79 Å². The fourth-order valence-corrected chi connectivity index (χ4v) is 2.50. The molecule has 1 heterocycles. The number of para-hydroxylation sites is 1. The minimum atomic E-state index is -0.303. The Bertz CT molecular complexity index is 921. The van der Waals surface area contributed by atoms with Gasteiger partial charge in [0.05, 0.1) is 24.2 Å². The van der Waals surface area contributed by atoms with E-state index in [0.29, 0.717) is 28.6 Å². The lowest BCUT2D eigenvalue weighted by atomic mass is 10.3. The van der Waals surface area contributed by atoms with Crippen LogP contribution < -0.4 is 19.5 Å². The molecular weight excluding hydrogens is 358 g/mol. The maximum absolute atomic E-state index is 12.2. The summed E-state index contributed by atoms with van der Waals surface area (Å²) in [4.78, 5) is 20.9. The topological polar surface area (TPSA) is 82.6 Å². The summed E-state index contributed by atoms with van der Waals surface area (Å²) in [6.07, 6.45) is 0. The number of aromatic nitrogens is 2. The third-order valence-electron chi connectivity index (χ3n) is 3.90. The second-order valence-electron chi connectivity index (χ2n) is 5.98. The van der Waals surface area contributed by atoms with Gasteiger partial charge in [-0.1, -0.05) is 18.2 Å². The quantitative estimate of drug-likeness (QED) is 0.670. The Hall–Kier alpha value is -3.61. The van der Waals surface area contributed by atoms with E-state index in [9.17, 15) is 4.79 Å². The van der Waals surface area contributed by atoms with E-state index in [1.807, 2.05) is 30.3 Å². The Morgan fingerprint density at radius 3 is 2.11 bits per heavy atom. The van der Waals surface area contributed by atoms with Crippen molar-refractivity contribution in [3.8, 4) is 23.3 Å². The van der Waals surface area contributed by atoms with E-state index in [0.717, 1.165) is 5.75 Å². The van der Waals surface area contributed by atoms with Gasteiger partial charge in [-0.25, -0.2) is 0 Å². The number of carbonyl (C=O) groups is 1. The molecule has 0 bridgehead atoms. The summed E-state index contributed by atoms with van der Waals surface area (Å²) in [6, 6.07) is 16.5. The van der Waals surface area contributed by atoms with E-state index in [4.69, 9.17) is 14.2 Å². The van der Waals surface area contributed by atoms with Crippen LogP contribution in [-0.4, -0.2) is 29.6 Å². The maximum atomic E-state index is 12.2. The molecule has 144 valence electrons. The number of methoxy groups -OCH3 is 1. The van der Waals surface area contributed by atoms with Crippen LogP contribution in [0.1, 0.15) is 11.4 Å². The fourth-order valence-electron chi connectivity index (χ4n) is 2.50. The average molecular weight is 379 g/mol. The molecule has 0 unspecified atom stereocenters. The minimum absolute atomic E-state index is 0.131. The Labute approximate surface area is 163 Å². The summed E-state index contributed by atoms with van der Waals surface area (Å²) in [5, 5.41) is 2.79. The van der Waals surface area contributed by atoms with Crippen LogP contribution in [-0.2, 0) is 4.79 Å². The van der Waals surface area contributed by atoms with Crippen LogP contribution in [0, 0.1) is 13.8 Å². The predicted molar refractivity (Wildman–Crippen MR) is 105 cm³/mol. The zero-order valence-corrected chi connectivity index (χ0v) is 15.9. The second kappa shape index (κ2) is 8.85. The molecule has 0 fully saturated rings. The van der Waals surface area contributed by atoms with Gasteiger partial charge in [0.1, 0.15) is 17.2 Å². The van der Waals surface area contributed by atoms with Gasteiger partial charge in [-0.15, -0.1) is 0 Å². The molecule has 7 heteroatoms. The van der Waals surface area contributed by atoms with Crippen LogP contribution in [0.15, 0.2) is 54.6 Å². The Balaban J connectivity index is 1.62. The highest BCUT2D eigenvalue weighted by Crippen LogP contribution is 2.23. The lowest BCUT2D eigenvalue weighted by molar-refractivity contribution is -0.118. The van der Waals surface area contributed by atoms with Crippen molar-refractivity contribution in [1.29, 1.82) is 0 Å². The number of amides is 1. The monoisotopic (exact) mass is 379 g/mol. The van der Waals surface area contributed by atoms with Gasteiger partial charge in [0.15, 0.2) is 6.61 Å². The van der Waals surface area contributed by atoms with Crippen molar-refractivity contribution in [2.45, 2.75) is 13.8 Å². The van der Waals surface area contributed by atoms with Crippen molar-refractivity contribution in [1.82, 2.24) is 9.97 Å². The molecule has 0 spiro atoms. The van der Waals surface area contributed by atoms with Crippen molar-refractivity contribution < 1.29 is 19.0 Å². The van der Waals surface area contributed by atoms with Crippen molar-refractivity contribution >= 4 is 11.6 Å². The first-order valence-corrected chi connectivity index (χ1v) is 8.70. The molecule has 2 aromatic carbocycles. The van der Waals surface area contributed by atoms with Crippen LogP contribution in [0.2, 0.25) is 0 Å². The van der Waals surface area contributed by atoms with Gasteiger partial charge in [-0.05, 0) is 50.2 Å². The minimum Gasteiger partial charge on any atom is -0.497 e. The average Bonchev–Trinajstić information content (AvgIpc) is 2.70. The molecule has 1 amide bonds. The van der Waals surface area contributed by atoms with E-state index in [1.165, 1.54) is 0 Å². The Morgan fingerprint density at radius 2 is 1.50 bits per heavy atom. The third-order valence-corrected chi connectivity index (χ3v) is 3.90. The van der Waals surface area contributed by atoms with Gasteiger partial charge < -0.3 is 19.5 Å². The number of carbonyl (C=O) groups excluding carboxylic acids is 1. The molecular formula is C21H21N3O4. The lowest BCUT2D eigenvalue weighted by Gasteiger charge is -2.13.